The van der Waals surface area contributed by atoms with Crippen LogP contribution >= 0.6 is 0 Å². The Hall–Kier alpha value is -4.49. The van der Waals surface area contributed by atoms with Gasteiger partial charge in [-0.2, -0.15) is 10.2 Å². The fourth-order valence-corrected chi connectivity index (χ4v) is 4.67. The molecule has 0 bridgehead atoms. The maximum atomic E-state index is 13.7. The van der Waals surface area contributed by atoms with Crippen LogP contribution in [0.15, 0.2) is 59.8 Å². The standard InChI is InChI=1S/C25H21N7O3/c1-34-11-9-30-21-14-27-24(31-15-28-18-7-6-16(13-26)12-20(18)31)29-23(21)32(25(30)33)19-8-10-35-22-5-3-2-4-17(19)22/h2-7,12,14-15,19H,8-11H2,1H3/t19-/m1/s1. The molecule has 10 nitrogen and oxygen atoms in total. The number of ether oxygens (including phenoxy) is 2. The van der Waals surface area contributed by atoms with Crippen molar-refractivity contribution < 1.29 is 9.47 Å². The van der Waals surface area contributed by atoms with Gasteiger partial charge in [0.25, 0.3) is 0 Å². The molecule has 3 aromatic heterocycles. The third-order valence-electron chi connectivity index (χ3n) is 6.34. The zero-order chi connectivity index (χ0) is 23.9. The Bertz CT molecular complexity index is 1670. The highest BCUT2D eigenvalue weighted by Gasteiger charge is 2.28. The number of benzene rings is 2. The lowest BCUT2D eigenvalue weighted by atomic mass is 10.0. The molecule has 0 saturated heterocycles. The first-order valence-corrected chi connectivity index (χ1v) is 11.3. The molecule has 0 fully saturated rings. The number of hydrogen-bond donors (Lipinski definition) is 0. The van der Waals surface area contributed by atoms with Gasteiger partial charge in [0.1, 0.15) is 17.6 Å². The zero-order valence-corrected chi connectivity index (χ0v) is 19.0. The highest BCUT2D eigenvalue weighted by atomic mass is 16.5. The second kappa shape index (κ2) is 8.38. The summed E-state index contributed by atoms with van der Waals surface area (Å²) in [6, 6.07) is 15.0. The van der Waals surface area contributed by atoms with E-state index >= 15 is 0 Å². The minimum absolute atomic E-state index is 0.174. The lowest BCUT2D eigenvalue weighted by Crippen LogP contribution is -2.31. The summed E-state index contributed by atoms with van der Waals surface area (Å²) in [6.07, 6.45) is 3.93. The normalized spacial score (nSPS) is 15.1. The Morgan fingerprint density at radius 2 is 2.09 bits per heavy atom. The van der Waals surface area contributed by atoms with Crippen molar-refractivity contribution in [3.05, 3.63) is 76.6 Å². The van der Waals surface area contributed by atoms with Gasteiger partial charge in [-0.3, -0.25) is 13.7 Å². The van der Waals surface area contributed by atoms with Crippen LogP contribution in [0, 0.1) is 11.3 Å². The predicted octanol–water partition coefficient (Wildman–Crippen LogP) is 2.82. The first-order chi connectivity index (χ1) is 17.2. The van der Waals surface area contributed by atoms with E-state index < -0.39 is 0 Å². The molecule has 35 heavy (non-hydrogen) atoms. The van der Waals surface area contributed by atoms with Crippen LogP contribution in [-0.2, 0) is 11.3 Å². The Balaban J connectivity index is 1.58. The minimum atomic E-state index is -0.230. The van der Waals surface area contributed by atoms with Gasteiger partial charge in [-0.1, -0.05) is 18.2 Å². The highest BCUT2D eigenvalue weighted by Crippen LogP contribution is 2.35. The molecule has 2 aromatic carbocycles. The van der Waals surface area contributed by atoms with Crippen LogP contribution < -0.4 is 10.4 Å². The monoisotopic (exact) mass is 467 g/mol. The van der Waals surface area contributed by atoms with E-state index in [-0.39, 0.29) is 11.7 Å². The van der Waals surface area contributed by atoms with Gasteiger partial charge in [0, 0.05) is 19.1 Å². The van der Waals surface area contributed by atoms with Gasteiger partial charge in [0.15, 0.2) is 5.65 Å². The van der Waals surface area contributed by atoms with Gasteiger partial charge >= 0.3 is 5.69 Å². The van der Waals surface area contributed by atoms with Gasteiger partial charge in [-0.25, -0.2) is 14.8 Å². The van der Waals surface area contributed by atoms with E-state index in [1.54, 1.807) is 51.5 Å². The van der Waals surface area contributed by atoms with E-state index in [1.165, 1.54) is 0 Å². The van der Waals surface area contributed by atoms with Gasteiger partial charge in [0.05, 0.1) is 54.7 Å². The van der Waals surface area contributed by atoms with Crippen molar-refractivity contribution in [1.29, 1.82) is 5.26 Å². The molecule has 0 spiro atoms. The predicted molar refractivity (Wildman–Crippen MR) is 128 cm³/mol. The van der Waals surface area contributed by atoms with Crippen LogP contribution in [0.25, 0.3) is 28.1 Å². The largest absolute Gasteiger partial charge is 0.493 e. The molecule has 5 aromatic rings. The summed E-state index contributed by atoms with van der Waals surface area (Å²) >= 11 is 0. The lowest BCUT2D eigenvalue weighted by Gasteiger charge is -2.26. The van der Waals surface area contributed by atoms with Crippen molar-refractivity contribution >= 4 is 22.2 Å². The number of nitriles is 1. The highest BCUT2D eigenvalue weighted by molar-refractivity contribution is 5.79. The summed E-state index contributed by atoms with van der Waals surface area (Å²) < 4.78 is 16.2. The van der Waals surface area contributed by atoms with Crippen molar-refractivity contribution in [2.24, 2.45) is 0 Å². The Labute approximate surface area is 199 Å². The van der Waals surface area contributed by atoms with Gasteiger partial charge in [0.2, 0.25) is 5.95 Å². The van der Waals surface area contributed by atoms with Crippen LogP contribution in [-0.4, -0.2) is 49.0 Å². The van der Waals surface area contributed by atoms with Crippen molar-refractivity contribution in [3.8, 4) is 17.8 Å². The Morgan fingerprint density at radius 3 is 2.94 bits per heavy atom. The molecule has 0 amide bonds. The molecule has 0 N–H and O–H groups in total. The fraction of sp³-hybridized carbons (Fsp3) is 0.240. The van der Waals surface area contributed by atoms with E-state index in [0.717, 1.165) is 16.8 Å². The molecule has 10 heteroatoms. The van der Waals surface area contributed by atoms with Gasteiger partial charge in [-0.05, 0) is 24.3 Å². The summed E-state index contributed by atoms with van der Waals surface area (Å²) in [7, 11) is 1.60. The van der Waals surface area contributed by atoms with E-state index in [9.17, 15) is 10.1 Å². The molecule has 174 valence electrons. The first kappa shape index (κ1) is 21.1. The van der Waals surface area contributed by atoms with E-state index in [4.69, 9.17) is 14.5 Å². The number of rotatable bonds is 5. The number of nitrogens with zero attached hydrogens (tertiary/aromatic N) is 7. The average Bonchev–Trinajstić information content (AvgIpc) is 3.44. The Kier molecular flexibility index (Phi) is 5.04. The molecule has 4 heterocycles. The van der Waals surface area contributed by atoms with Crippen molar-refractivity contribution in [2.75, 3.05) is 20.3 Å². The summed E-state index contributed by atoms with van der Waals surface area (Å²) in [5, 5.41) is 9.33. The van der Waals surface area contributed by atoms with Crippen LogP contribution in [0.3, 0.4) is 0 Å². The van der Waals surface area contributed by atoms with Crippen LogP contribution in [0.4, 0.5) is 0 Å². The maximum Gasteiger partial charge on any atom is 0.331 e. The van der Waals surface area contributed by atoms with Crippen LogP contribution in [0.1, 0.15) is 23.6 Å². The van der Waals surface area contributed by atoms with Crippen LogP contribution in [0.5, 0.6) is 5.75 Å². The minimum Gasteiger partial charge on any atom is -0.493 e. The summed E-state index contributed by atoms with van der Waals surface area (Å²) in [5.41, 5.74) is 3.87. The number of imidazole rings is 2. The summed E-state index contributed by atoms with van der Waals surface area (Å²) in [5.74, 6) is 1.14. The molecule has 0 aliphatic carbocycles. The van der Waals surface area contributed by atoms with Crippen molar-refractivity contribution in [2.45, 2.75) is 19.0 Å². The third kappa shape index (κ3) is 3.36. The molecule has 0 saturated carbocycles. The number of para-hydroxylation sites is 1. The number of methoxy groups -OCH3 is 1. The maximum absolute atomic E-state index is 13.7. The first-order valence-electron chi connectivity index (χ1n) is 11.3. The second-order valence-corrected chi connectivity index (χ2v) is 8.30. The van der Waals surface area contributed by atoms with Gasteiger partial charge < -0.3 is 9.47 Å². The van der Waals surface area contributed by atoms with Crippen molar-refractivity contribution in [1.82, 2.24) is 28.7 Å². The van der Waals surface area contributed by atoms with Crippen molar-refractivity contribution in [3.63, 3.8) is 0 Å². The topological polar surface area (TPSA) is 113 Å². The summed E-state index contributed by atoms with van der Waals surface area (Å²) in [6.45, 7) is 1.26. The second-order valence-electron chi connectivity index (χ2n) is 8.30. The molecule has 0 radical (unpaired) electrons. The number of fused-ring (bicyclic) bond motifs is 3. The summed E-state index contributed by atoms with van der Waals surface area (Å²) in [4.78, 5) is 27.5. The van der Waals surface area contributed by atoms with Gasteiger partial charge in [-0.15, -0.1) is 0 Å². The third-order valence-corrected chi connectivity index (χ3v) is 6.34. The lowest BCUT2D eigenvalue weighted by molar-refractivity contribution is 0.186. The molecule has 6 rings (SSSR count). The molecule has 0 unspecified atom stereocenters. The fourth-order valence-electron chi connectivity index (χ4n) is 4.67. The molecule has 1 aliphatic heterocycles. The smallest absolute Gasteiger partial charge is 0.331 e. The van der Waals surface area contributed by atoms with E-state index in [1.807, 2.05) is 24.3 Å². The molecule has 1 atom stereocenters. The van der Waals surface area contributed by atoms with E-state index in [0.29, 0.717) is 54.4 Å². The number of aromatic nitrogens is 6. The molecule has 1 aliphatic rings. The number of hydrogen-bond acceptors (Lipinski definition) is 7. The SMILES string of the molecule is COCCn1c(=O)n([C@@H]2CCOc3ccccc32)c2nc(-n3cnc4ccc(C#N)cc43)ncc21. The average molecular weight is 467 g/mol. The molecular weight excluding hydrogens is 446 g/mol. The molecular formula is C25H21N7O3. The van der Waals surface area contributed by atoms with Crippen LogP contribution in [0.2, 0.25) is 0 Å². The zero-order valence-electron chi connectivity index (χ0n) is 19.0. The Morgan fingerprint density at radius 1 is 1.20 bits per heavy atom. The quantitative estimate of drug-likeness (QED) is 0.391. The van der Waals surface area contributed by atoms with E-state index in [2.05, 4.69) is 16.0 Å².